The molecule has 1 aromatic heterocycles. The Morgan fingerprint density at radius 2 is 1.67 bits per heavy atom. The van der Waals surface area contributed by atoms with E-state index in [9.17, 15) is 5.11 Å². The zero-order chi connectivity index (χ0) is 19.4. The molecule has 1 heterocycles. The first-order chi connectivity index (χ1) is 13.0. The zero-order valence-electron chi connectivity index (χ0n) is 15.1. The van der Waals surface area contributed by atoms with Crippen molar-refractivity contribution in [1.29, 1.82) is 0 Å². The highest BCUT2D eigenvalue weighted by Gasteiger charge is 2.24. The van der Waals surface area contributed by atoms with Crippen molar-refractivity contribution < 1.29 is 9.67 Å². The van der Waals surface area contributed by atoms with Gasteiger partial charge in [0.05, 0.1) is 0 Å². The van der Waals surface area contributed by atoms with E-state index in [4.69, 9.17) is 12.2 Å². The fourth-order valence-corrected chi connectivity index (χ4v) is 3.48. The van der Waals surface area contributed by atoms with Gasteiger partial charge in [-0.25, -0.2) is 0 Å². The summed E-state index contributed by atoms with van der Waals surface area (Å²) >= 11 is 9.17. The highest BCUT2D eigenvalue weighted by atomic mass is 79.9. The van der Waals surface area contributed by atoms with Gasteiger partial charge < -0.3 is 10.4 Å². The number of anilines is 1. The second-order valence-electron chi connectivity index (χ2n) is 6.21. The number of benzene rings is 2. The number of hydrogen-bond acceptors (Lipinski definition) is 2. The third kappa shape index (κ3) is 4.43. The molecular weight excluding hydrogens is 420 g/mol. The molecule has 0 aliphatic carbocycles. The summed E-state index contributed by atoms with van der Waals surface area (Å²) in [7, 11) is 0. The molecule has 5 heteroatoms. The molecule has 2 aromatic carbocycles. The van der Waals surface area contributed by atoms with Crippen molar-refractivity contribution in [2.45, 2.75) is 13.8 Å². The highest BCUT2D eigenvalue weighted by Crippen LogP contribution is 2.26. The van der Waals surface area contributed by atoms with Gasteiger partial charge in [-0.3, -0.25) is 0 Å². The van der Waals surface area contributed by atoms with Crippen molar-refractivity contribution in [2.75, 3.05) is 5.32 Å². The molecule has 0 unspecified atom stereocenters. The van der Waals surface area contributed by atoms with Crippen molar-refractivity contribution in [3.05, 3.63) is 94.2 Å². The summed E-state index contributed by atoms with van der Waals surface area (Å²) in [6.07, 6.45) is 3.72. The van der Waals surface area contributed by atoms with E-state index < -0.39 is 0 Å². The number of aryl methyl sites for hydroxylation is 2. The van der Waals surface area contributed by atoms with Crippen LogP contribution in [-0.4, -0.2) is 10.1 Å². The van der Waals surface area contributed by atoms with Crippen LogP contribution in [0, 0.1) is 13.8 Å². The lowest BCUT2D eigenvalue weighted by atomic mass is 10.1. The maximum absolute atomic E-state index is 11.1. The number of thiocarbonyl (C=S) groups is 1. The third-order valence-corrected chi connectivity index (χ3v) is 5.29. The molecule has 3 nitrogen and oxygen atoms in total. The first-order valence-electron chi connectivity index (χ1n) is 8.51. The van der Waals surface area contributed by atoms with Crippen LogP contribution in [0.3, 0.4) is 0 Å². The van der Waals surface area contributed by atoms with E-state index >= 15 is 0 Å². The molecule has 3 aromatic rings. The summed E-state index contributed by atoms with van der Waals surface area (Å²) in [4.78, 5) is 0.433. The SMILES string of the molecule is Cc1ccc(NC(=S)/C(=C(\O)c2ccccc2Br)[n+]2ccccc2)cc1C. The normalized spacial score (nSPS) is 11.7. The van der Waals surface area contributed by atoms with Crippen LogP contribution in [0.1, 0.15) is 16.7 Å². The van der Waals surface area contributed by atoms with E-state index in [0.29, 0.717) is 16.2 Å². The highest BCUT2D eigenvalue weighted by molar-refractivity contribution is 9.10. The predicted molar refractivity (Wildman–Crippen MR) is 119 cm³/mol. The minimum absolute atomic E-state index is 0.0972. The average molecular weight is 440 g/mol. The lowest BCUT2D eigenvalue weighted by Crippen LogP contribution is -2.38. The Bertz CT molecular complexity index is 1020. The van der Waals surface area contributed by atoms with Crippen molar-refractivity contribution in [2.24, 2.45) is 0 Å². The van der Waals surface area contributed by atoms with Crippen molar-refractivity contribution in [3.8, 4) is 0 Å². The van der Waals surface area contributed by atoms with Crippen molar-refractivity contribution in [3.63, 3.8) is 0 Å². The first-order valence-corrected chi connectivity index (χ1v) is 9.71. The van der Waals surface area contributed by atoms with E-state index in [1.807, 2.05) is 77.6 Å². The second kappa shape index (κ2) is 8.46. The molecule has 0 spiro atoms. The molecule has 3 rings (SSSR count). The van der Waals surface area contributed by atoms with Gasteiger partial charge in [-0.15, -0.1) is 0 Å². The Kier molecular flexibility index (Phi) is 6.04. The number of aliphatic hydroxyl groups excluding tert-OH is 1. The Morgan fingerprint density at radius 3 is 2.33 bits per heavy atom. The number of rotatable bonds is 4. The van der Waals surface area contributed by atoms with Gasteiger partial charge >= 0.3 is 0 Å². The van der Waals surface area contributed by atoms with Gasteiger partial charge in [0.1, 0.15) is 0 Å². The van der Waals surface area contributed by atoms with Gasteiger partial charge in [0, 0.05) is 27.9 Å². The lowest BCUT2D eigenvalue weighted by Gasteiger charge is -2.12. The van der Waals surface area contributed by atoms with Gasteiger partial charge in [-0.05, 0) is 49.2 Å². The number of nitrogens with one attached hydrogen (secondary N) is 1. The third-order valence-electron chi connectivity index (χ3n) is 4.31. The number of halogens is 1. The topological polar surface area (TPSA) is 36.1 Å². The molecule has 0 amide bonds. The maximum atomic E-state index is 11.1. The smallest absolute Gasteiger partial charge is 0.288 e. The maximum Gasteiger partial charge on any atom is 0.288 e. The van der Waals surface area contributed by atoms with Gasteiger partial charge in [-0.1, -0.05) is 52.4 Å². The van der Waals surface area contributed by atoms with Crippen LogP contribution < -0.4 is 9.88 Å². The summed E-state index contributed by atoms with van der Waals surface area (Å²) in [5.74, 6) is 0.0972. The van der Waals surface area contributed by atoms with Crippen LogP contribution in [0.5, 0.6) is 0 Å². The van der Waals surface area contributed by atoms with E-state index in [0.717, 1.165) is 10.2 Å². The van der Waals surface area contributed by atoms with Crippen LogP contribution in [0.2, 0.25) is 0 Å². The van der Waals surface area contributed by atoms with Crippen LogP contribution in [0.15, 0.2) is 77.5 Å². The summed E-state index contributed by atoms with van der Waals surface area (Å²) in [6.45, 7) is 4.13. The molecule has 0 bridgehead atoms. The Morgan fingerprint density at radius 1 is 0.963 bits per heavy atom. The van der Waals surface area contributed by atoms with E-state index in [1.54, 1.807) is 0 Å². The van der Waals surface area contributed by atoms with E-state index in [2.05, 4.69) is 35.1 Å². The molecule has 0 saturated carbocycles. The molecular formula is C22H20BrN2OS+. The van der Waals surface area contributed by atoms with Gasteiger partial charge in [0.2, 0.25) is 0 Å². The van der Waals surface area contributed by atoms with Crippen LogP contribution in [0.4, 0.5) is 5.69 Å². The fraction of sp³-hybridized carbons (Fsp3) is 0.0909. The number of nitrogens with zero attached hydrogens (tertiary/aromatic N) is 1. The number of hydrogen-bond donors (Lipinski definition) is 2. The van der Waals surface area contributed by atoms with Gasteiger partial charge in [0.25, 0.3) is 5.70 Å². The Labute approximate surface area is 173 Å². The first kappa shape index (κ1) is 19.3. The minimum Gasteiger partial charge on any atom is -0.502 e. The monoisotopic (exact) mass is 439 g/mol. The number of aliphatic hydroxyl groups is 1. The van der Waals surface area contributed by atoms with Crippen LogP contribution in [0.25, 0.3) is 11.5 Å². The Balaban J connectivity index is 2.07. The summed E-state index contributed by atoms with van der Waals surface area (Å²) in [5, 5.41) is 14.3. The molecule has 27 heavy (non-hydrogen) atoms. The second-order valence-corrected chi connectivity index (χ2v) is 7.48. The fourth-order valence-electron chi connectivity index (χ4n) is 2.69. The number of pyridine rings is 1. The number of aromatic nitrogens is 1. The summed E-state index contributed by atoms with van der Waals surface area (Å²) < 4.78 is 2.61. The van der Waals surface area contributed by atoms with Crippen LogP contribution >= 0.6 is 28.1 Å². The molecule has 0 aliphatic heterocycles. The molecule has 0 radical (unpaired) electrons. The Hall–Kier alpha value is -2.50. The van der Waals surface area contributed by atoms with E-state index in [1.165, 1.54) is 11.1 Å². The van der Waals surface area contributed by atoms with Crippen molar-refractivity contribution in [1.82, 2.24) is 0 Å². The summed E-state index contributed by atoms with van der Waals surface area (Å²) in [6, 6.07) is 19.3. The average Bonchev–Trinajstić information content (AvgIpc) is 2.66. The molecule has 0 saturated heterocycles. The molecule has 0 atom stereocenters. The standard InChI is InChI=1S/C22H19BrN2OS/c1-15-10-11-17(14-16(15)2)24-22(27)20(25-12-6-3-7-13-25)21(26)18-8-4-5-9-19(18)23/h3-14H,1-2H3,(H-,24,26,27)/p+1. The zero-order valence-corrected chi connectivity index (χ0v) is 17.5. The molecule has 2 N–H and O–H groups in total. The largest absolute Gasteiger partial charge is 0.502 e. The van der Waals surface area contributed by atoms with Crippen molar-refractivity contribution >= 4 is 50.3 Å². The quantitative estimate of drug-likeness (QED) is 0.237. The predicted octanol–water partition coefficient (Wildman–Crippen LogP) is 5.68. The van der Waals surface area contributed by atoms with E-state index in [-0.39, 0.29) is 5.76 Å². The molecule has 136 valence electrons. The van der Waals surface area contributed by atoms with Gasteiger partial charge in [-0.2, -0.15) is 4.57 Å². The lowest BCUT2D eigenvalue weighted by molar-refractivity contribution is -0.575. The molecule has 0 aliphatic rings. The molecule has 0 fully saturated rings. The van der Waals surface area contributed by atoms with Crippen LogP contribution in [-0.2, 0) is 0 Å². The summed E-state index contributed by atoms with van der Waals surface area (Å²) in [5.41, 5.74) is 4.47. The minimum atomic E-state index is 0.0972. The van der Waals surface area contributed by atoms with Gasteiger partial charge in [0.15, 0.2) is 23.1 Å².